The lowest BCUT2D eigenvalue weighted by Crippen LogP contribution is -2.00. The first-order chi connectivity index (χ1) is 10.3. The molecular weight excluding hydrogens is 258 g/mol. The quantitative estimate of drug-likeness (QED) is 0.725. The summed E-state index contributed by atoms with van der Waals surface area (Å²) in [5, 5.41) is 12.8. The van der Waals surface area contributed by atoms with Crippen LogP contribution in [0.1, 0.15) is 5.56 Å². The zero-order chi connectivity index (χ0) is 14.5. The highest BCUT2D eigenvalue weighted by atomic mass is 16.3. The van der Waals surface area contributed by atoms with Gasteiger partial charge in [-0.25, -0.2) is 0 Å². The Morgan fingerprint density at radius 3 is 2.14 bits per heavy atom. The van der Waals surface area contributed by atoms with Crippen molar-refractivity contribution in [1.82, 2.24) is 0 Å². The Labute approximate surface area is 124 Å². The predicted octanol–water partition coefficient (Wildman–Crippen LogP) is 4.67. The van der Waals surface area contributed by atoms with Gasteiger partial charge in [-0.2, -0.15) is 0 Å². The van der Waals surface area contributed by atoms with Gasteiger partial charge >= 0.3 is 0 Å². The van der Waals surface area contributed by atoms with Crippen LogP contribution < -0.4 is 5.32 Å². The maximum Gasteiger partial charge on any atom is 0.115 e. The molecule has 3 rings (SSSR count). The predicted molar refractivity (Wildman–Crippen MR) is 87.3 cm³/mol. The van der Waals surface area contributed by atoms with Gasteiger partial charge in [0.05, 0.1) is 0 Å². The molecule has 0 aliphatic rings. The third kappa shape index (κ3) is 3.23. The molecule has 0 saturated carbocycles. The number of anilines is 1. The van der Waals surface area contributed by atoms with Gasteiger partial charge in [-0.3, -0.25) is 0 Å². The van der Waals surface area contributed by atoms with E-state index < -0.39 is 0 Å². The largest absolute Gasteiger partial charge is 0.508 e. The molecule has 0 unspecified atom stereocenters. The van der Waals surface area contributed by atoms with Gasteiger partial charge in [0.2, 0.25) is 0 Å². The van der Waals surface area contributed by atoms with Crippen molar-refractivity contribution < 1.29 is 5.11 Å². The number of nitrogens with one attached hydrogen (secondary N) is 1. The van der Waals surface area contributed by atoms with Gasteiger partial charge < -0.3 is 10.4 Å². The van der Waals surface area contributed by atoms with Crippen LogP contribution in [0.4, 0.5) is 5.69 Å². The summed E-state index contributed by atoms with van der Waals surface area (Å²) in [5.41, 5.74) is 4.63. The van der Waals surface area contributed by atoms with Crippen molar-refractivity contribution in [2.24, 2.45) is 0 Å². The molecule has 3 aromatic rings. The van der Waals surface area contributed by atoms with Gasteiger partial charge in [0.1, 0.15) is 5.75 Å². The molecule has 0 saturated heterocycles. The van der Waals surface area contributed by atoms with Crippen molar-refractivity contribution in [3.63, 3.8) is 0 Å². The van der Waals surface area contributed by atoms with Crippen LogP contribution in [-0.2, 0) is 6.54 Å². The lowest BCUT2D eigenvalue weighted by molar-refractivity contribution is 0.475. The number of hydrogen-bond acceptors (Lipinski definition) is 2. The van der Waals surface area contributed by atoms with Gasteiger partial charge in [0.25, 0.3) is 0 Å². The van der Waals surface area contributed by atoms with E-state index in [9.17, 15) is 5.11 Å². The number of benzene rings is 3. The Hall–Kier alpha value is -2.74. The molecule has 0 heterocycles. The lowest BCUT2D eigenvalue weighted by Gasteiger charge is -2.12. The van der Waals surface area contributed by atoms with Crippen LogP contribution in [0.5, 0.6) is 5.75 Å². The number of hydrogen-bond donors (Lipinski definition) is 2. The first kappa shape index (κ1) is 13.3. The molecule has 0 fully saturated rings. The Kier molecular flexibility index (Phi) is 3.88. The maximum atomic E-state index is 9.31. The average molecular weight is 275 g/mol. The molecule has 0 aromatic heterocycles. The number of aromatic hydroxyl groups is 1. The van der Waals surface area contributed by atoms with E-state index >= 15 is 0 Å². The van der Waals surface area contributed by atoms with Crippen LogP contribution in [-0.4, -0.2) is 5.11 Å². The van der Waals surface area contributed by atoms with Crippen molar-refractivity contribution in [2.45, 2.75) is 6.54 Å². The minimum absolute atomic E-state index is 0.295. The van der Waals surface area contributed by atoms with Gasteiger partial charge in [-0.1, -0.05) is 60.7 Å². The highest BCUT2D eigenvalue weighted by molar-refractivity contribution is 5.77. The summed E-state index contributed by atoms with van der Waals surface area (Å²) in [4.78, 5) is 0. The lowest BCUT2D eigenvalue weighted by atomic mass is 10.0. The van der Waals surface area contributed by atoms with E-state index in [-0.39, 0.29) is 0 Å². The molecule has 0 spiro atoms. The highest BCUT2D eigenvalue weighted by Gasteiger charge is 2.03. The first-order valence-corrected chi connectivity index (χ1v) is 6.99. The molecule has 0 amide bonds. The fourth-order valence-corrected chi connectivity index (χ4v) is 2.32. The second kappa shape index (κ2) is 6.14. The normalized spacial score (nSPS) is 10.3. The van der Waals surface area contributed by atoms with Crippen molar-refractivity contribution >= 4 is 5.69 Å². The standard InChI is InChI=1S/C19H17NO/c21-17-12-10-15(11-13-17)14-20-19-9-5-4-8-18(19)16-6-2-1-3-7-16/h1-13,20-21H,14H2. The molecule has 0 atom stereocenters. The second-order valence-electron chi connectivity index (χ2n) is 4.93. The minimum Gasteiger partial charge on any atom is -0.508 e. The van der Waals surface area contributed by atoms with Crippen LogP contribution >= 0.6 is 0 Å². The van der Waals surface area contributed by atoms with E-state index in [0.717, 1.165) is 17.8 Å². The summed E-state index contributed by atoms with van der Waals surface area (Å²) >= 11 is 0. The Morgan fingerprint density at radius 2 is 1.38 bits per heavy atom. The Balaban J connectivity index is 1.81. The zero-order valence-electron chi connectivity index (χ0n) is 11.7. The number of rotatable bonds is 4. The summed E-state index contributed by atoms with van der Waals surface area (Å²) < 4.78 is 0. The van der Waals surface area contributed by atoms with Crippen LogP contribution in [0.2, 0.25) is 0 Å². The highest BCUT2D eigenvalue weighted by Crippen LogP contribution is 2.27. The Morgan fingerprint density at radius 1 is 0.714 bits per heavy atom. The summed E-state index contributed by atoms with van der Waals surface area (Å²) in [6.45, 7) is 0.726. The van der Waals surface area contributed by atoms with E-state index in [1.165, 1.54) is 11.1 Å². The smallest absolute Gasteiger partial charge is 0.115 e. The molecule has 2 N–H and O–H groups in total. The van der Waals surface area contributed by atoms with Crippen molar-refractivity contribution in [1.29, 1.82) is 0 Å². The van der Waals surface area contributed by atoms with Gasteiger partial charge in [-0.05, 0) is 29.3 Å². The van der Waals surface area contributed by atoms with Crippen molar-refractivity contribution in [3.8, 4) is 16.9 Å². The topological polar surface area (TPSA) is 32.3 Å². The number of para-hydroxylation sites is 1. The zero-order valence-corrected chi connectivity index (χ0v) is 11.7. The molecule has 0 bridgehead atoms. The van der Waals surface area contributed by atoms with Gasteiger partial charge in [0, 0.05) is 17.8 Å². The van der Waals surface area contributed by atoms with E-state index in [2.05, 4.69) is 29.6 Å². The summed E-state index contributed by atoms with van der Waals surface area (Å²) in [7, 11) is 0. The molecule has 0 aliphatic heterocycles. The van der Waals surface area contributed by atoms with E-state index in [1.807, 2.05) is 42.5 Å². The maximum absolute atomic E-state index is 9.31. The monoisotopic (exact) mass is 275 g/mol. The van der Waals surface area contributed by atoms with Gasteiger partial charge in [0.15, 0.2) is 0 Å². The van der Waals surface area contributed by atoms with Crippen molar-refractivity contribution in [2.75, 3.05) is 5.32 Å². The summed E-state index contributed by atoms with van der Waals surface area (Å²) in [6, 6.07) is 25.9. The van der Waals surface area contributed by atoms with Crippen LogP contribution in [0, 0.1) is 0 Å². The average Bonchev–Trinajstić information content (AvgIpc) is 2.55. The fraction of sp³-hybridized carbons (Fsp3) is 0.0526. The van der Waals surface area contributed by atoms with E-state index in [4.69, 9.17) is 0 Å². The molecule has 0 radical (unpaired) electrons. The third-order valence-corrected chi connectivity index (χ3v) is 3.43. The first-order valence-electron chi connectivity index (χ1n) is 6.99. The van der Waals surface area contributed by atoms with Crippen molar-refractivity contribution in [3.05, 3.63) is 84.4 Å². The van der Waals surface area contributed by atoms with E-state index in [0.29, 0.717) is 5.75 Å². The molecule has 104 valence electrons. The fourth-order valence-electron chi connectivity index (χ4n) is 2.32. The molecule has 3 aromatic carbocycles. The van der Waals surface area contributed by atoms with Crippen LogP contribution in [0.15, 0.2) is 78.9 Å². The Bertz CT molecular complexity index is 705. The number of phenolic OH excluding ortho intramolecular Hbond substituents is 1. The molecule has 2 heteroatoms. The number of phenols is 1. The summed E-state index contributed by atoms with van der Waals surface area (Å²) in [5.74, 6) is 0.295. The molecule has 21 heavy (non-hydrogen) atoms. The second-order valence-corrected chi connectivity index (χ2v) is 4.93. The summed E-state index contributed by atoms with van der Waals surface area (Å²) in [6.07, 6.45) is 0. The molecular formula is C19H17NO. The molecule has 0 aliphatic carbocycles. The molecule has 2 nitrogen and oxygen atoms in total. The van der Waals surface area contributed by atoms with Crippen LogP contribution in [0.3, 0.4) is 0 Å². The van der Waals surface area contributed by atoms with Crippen LogP contribution in [0.25, 0.3) is 11.1 Å². The SMILES string of the molecule is Oc1ccc(CNc2ccccc2-c2ccccc2)cc1. The third-order valence-electron chi connectivity index (χ3n) is 3.43. The minimum atomic E-state index is 0.295. The van der Waals surface area contributed by atoms with E-state index in [1.54, 1.807) is 12.1 Å². The van der Waals surface area contributed by atoms with Gasteiger partial charge in [-0.15, -0.1) is 0 Å².